The summed E-state index contributed by atoms with van der Waals surface area (Å²) in [4.78, 5) is 22.9. The molecular formula is C23H27N5O3S. The molecule has 1 heterocycles. The van der Waals surface area contributed by atoms with E-state index in [1.165, 1.54) is 29.5 Å². The van der Waals surface area contributed by atoms with Crippen LogP contribution < -0.4 is 5.32 Å². The Hall–Kier alpha value is -3.20. The van der Waals surface area contributed by atoms with E-state index in [1.54, 1.807) is 12.1 Å². The molecule has 0 aliphatic carbocycles. The van der Waals surface area contributed by atoms with Gasteiger partial charge in [-0.2, -0.15) is 0 Å². The zero-order valence-corrected chi connectivity index (χ0v) is 19.3. The van der Waals surface area contributed by atoms with Gasteiger partial charge in [0, 0.05) is 30.0 Å². The summed E-state index contributed by atoms with van der Waals surface area (Å²) in [5.41, 5.74) is 3.06. The predicted octanol–water partition coefficient (Wildman–Crippen LogP) is 5.14. The second kappa shape index (κ2) is 10.9. The van der Waals surface area contributed by atoms with Crippen LogP contribution in [0.4, 0.5) is 5.69 Å². The molecule has 1 aromatic heterocycles. The standard InChI is InChI=1S/C23H27N5O3S/c1-4-5-9-21(29)24-17(3)22-25-26-23(32-15-18-8-6-7-16(2)14-18)27(22)19-10-12-20(13-11-19)28(30)31/h6-8,10-14,17H,4-5,9,15H2,1-3H3,(H,24,29). The minimum absolute atomic E-state index is 0.0123. The van der Waals surface area contributed by atoms with Gasteiger partial charge in [-0.05, 0) is 38.0 Å². The average molecular weight is 454 g/mol. The van der Waals surface area contributed by atoms with Gasteiger partial charge in [0.05, 0.1) is 11.0 Å². The second-order valence-electron chi connectivity index (χ2n) is 7.62. The molecule has 1 N–H and O–H groups in total. The lowest BCUT2D eigenvalue weighted by Gasteiger charge is -2.16. The number of nitro benzene ring substituents is 1. The molecule has 168 valence electrons. The van der Waals surface area contributed by atoms with Crippen molar-refractivity contribution in [1.82, 2.24) is 20.1 Å². The van der Waals surface area contributed by atoms with Crippen molar-refractivity contribution < 1.29 is 9.72 Å². The Bertz CT molecular complexity index is 1080. The maximum Gasteiger partial charge on any atom is 0.269 e. The number of hydrogen-bond donors (Lipinski definition) is 1. The van der Waals surface area contributed by atoms with Crippen molar-refractivity contribution in [1.29, 1.82) is 0 Å². The van der Waals surface area contributed by atoms with Gasteiger partial charge in [0.2, 0.25) is 5.91 Å². The molecule has 9 heteroatoms. The molecule has 0 aliphatic rings. The van der Waals surface area contributed by atoms with Crippen LogP contribution in [0.15, 0.2) is 53.7 Å². The first-order chi connectivity index (χ1) is 15.4. The Morgan fingerprint density at radius 3 is 2.62 bits per heavy atom. The molecule has 8 nitrogen and oxygen atoms in total. The number of aromatic nitrogens is 3. The highest BCUT2D eigenvalue weighted by molar-refractivity contribution is 7.98. The van der Waals surface area contributed by atoms with Crippen molar-refractivity contribution in [3.05, 3.63) is 75.6 Å². The number of non-ortho nitro benzene ring substituents is 1. The normalized spacial score (nSPS) is 11.8. The monoisotopic (exact) mass is 453 g/mol. The topological polar surface area (TPSA) is 103 Å². The molecule has 1 unspecified atom stereocenters. The molecule has 3 aromatic rings. The van der Waals surface area contributed by atoms with Crippen LogP contribution in [-0.4, -0.2) is 25.6 Å². The number of aryl methyl sites for hydroxylation is 1. The largest absolute Gasteiger partial charge is 0.346 e. The third kappa shape index (κ3) is 5.94. The Kier molecular flexibility index (Phi) is 7.99. The van der Waals surface area contributed by atoms with E-state index in [2.05, 4.69) is 40.6 Å². The zero-order chi connectivity index (χ0) is 23.1. The van der Waals surface area contributed by atoms with Gasteiger partial charge in [-0.25, -0.2) is 0 Å². The first-order valence-electron chi connectivity index (χ1n) is 10.6. The van der Waals surface area contributed by atoms with E-state index in [4.69, 9.17) is 0 Å². The minimum atomic E-state index is -0.430. The number of carbonyl (C=O) groups is 1. The van der Waals surface area contributed by atoms with Crippen LogP contribution in [-0.2, 0) is 10.5 Å². The van der Waals surface area contributed by atoms with Gasteiger partial charge in [0.25, 0.3) is 5.69 Å². The number of unbranched alkanes of at least 4 members (excludes halogenated alkanes) is 1. The lowest BCUT2D eigenvalue weighted by Crippen LogP contribution is -2.28. The van der Waals surface area contributed by atoms with Gasteiger partial charge in [-0.1, -0.05) is 54.9 Å². The lowest BCUT2D eigenvalue weighted by molar-refractivity contribution is -0.384. The Morgan fingerprint density at radius 1 is 1.22 bits per heavy atom. The van der Waals surface area contributed by atoms with Crippen LogP contribution >= 0.6 is 11.8 Å². The summed E-state index contributed by atoms with van der Waals surface area (Å²) in [6.45, 7) is 5.96. The van der Waals surface area contributed by atoms with E-state index in [0.29, 0.717) is 28.8 Å². The smallest absolute Gasteiger partial charge is 0.269 e. The maximum atomic E-state index is 12.3. The molecule has 1 amide bonds. The molecular weight excluding hydrogens is 426 g/mol. The molecule has 0 spiro atoms. The molecule has 3 rings (SSSR count). The van der Waals surface area contributed by atoms with Crippen LogP contribution in [0.5, 0.6) is 0 Å². The number of carbonyl (C=O) groups excluding carboxylic acids is 1. The summed E-state index contributed by atoms with van der Waals surface area (Å²) >= 11 is 1.53. The highest BCUT2D eigenvalue weighted by Gasteiger charge is 2.21. The van der Waals surface area contributed by atoms with Crippen molar-refractivity contribution in [2.24, 2.45) is 0 Å². The van der Waals surface area contributed by atoms with E-state index in [0.717, 1.165) is 18.4 Å². The van der Waals surface area contributed by atoms with Crippen LogP contribution in [0.2, 0.25) is 0 Å². The van der Waals surface area contributed by atoms with E-state index in [1.807, 2.05) is 24.5 Å². The SMILES string of the molecule is CCCCC(=O)NC(C)c1nnc(SCc2cccc(C)c2)n1-c1ccc([N+](=O)[O-])cc1. The van der Waals surface area contributed by atoms with Gasteiger partial charge in [0.1, 0.15) is 0 Å². The van der Waals surface area contributed by atoms with Crippen LogP contribution in [0.25, 0.3) is 5.69 Å². The number of nitrogens with zero attached hydrogens (tertiary/aromatic N) is 4. The summed E-state index contributed by atoms with van der Waals surface area (Å²) < 4.78 is 1.86. The predicted molar refractivity (Wildman–Crippen MR) is 125 cm³/mol. The fourth-order valence-electron chi connectivity index (χ4n) is 3.29. The maximum absolute atomic E-state index is 12.3. The first kappa shape index (κ1) is 23.5. The fraction of sp³-hybridized carbons (Fsp3) is 0.348. The fourth-order valence-corrected chi connectivity index (χ4v) is 4.19. The summed E-state index contributed by atoms with van der Waals surface area (Å²) in [7, 11) is 0. The van der Waals surface area contributed by atoms with E-state index in [-0.39, 0.29) is 17.6 Å². The quantitative estimate of drug-likeness (QED) is 0.259. The molecule has 0 radical (unpaired) electrons. The van der Waals surface area contributed by atoms with Crippen molar-refractivity contribution in [3.8, 4) is 5.69 Å². The van der Waals surface area contributed by atoms with Gasteiger partial charge in [-0.3, -0.25) is 19.5 Å². The molecule has 32 heavy (non-hydrogen) atoms. The molecule has 0 aliphatic heterocycles. The number of nitrogens with one attached hydrogen (secondary N) is 1. The number of benzene rings is 2. The van der Waals surface area contributed by atoms with Crippen LogP contribution in [0, 0.1) is 17.0 Å². The molecule has 0 saturated carbocycles. The van der Waals surface area contributed by atoms with E-state index < -0.39 is 4.92 Å². The first-order valence-corrected chi connectivity index (χ1v) is 11.6. The third-order valence-corrected chi connectivity index (χ3v) is 5.95. The Balaban J connectivity index is 1.90. The average Bonchev–Trinajstić information content (AvgIpc) is 3.20. The van der Waals surface area contributed by atoms with Crippen molar-refractivity contribution in [2.45, 2.75) is 57.0 Å². The summed E-state index contributed by atoms with van der Waals surface area (Å²) in [5, 5.41) is 23.4. The summed E-state index contributed by atoms with van der Waals surface area (Å²) in [5.74, 6) is 1.24. The molecule has 2 aromatic carbocycles. The number of amides is 1. The molecule has 0 fully saturated rings. The molecule has 1 atom stereocenters. The lowest BCUT2D eigenvalue weighted by atomic mass is 10.2. The van der Waals surface area contributed by atoms with Gasteiger partial charge in [0.15, 0.2) is 11.0 Å². The van der Waals surface area contributed by atoms with Crippen molar-refractivity contribution >= 4 is 23.4 Å². The molecule has 0 bridgehead atoms. The highest BCUT2D eigenvalue weighted by atomic mass is 32.2. The number of rotatable bonds is 10. The van der Waals surface area contributed by atoms with Crippen molar-refractivity contribution in [2.75, 3.05) is 0 Å². The number of hydrogen-bond acceptors (Lipinski definition) is 6. The minimum Gasteiger partial charge on any atom is -0.346 e. The van der Waals surface area contributed by atoms with Gasteiger partial charge >= 0.3 is 0 Å². The van der Waals surface area contributed by atoms with Gasteiger partial charge in [-0.15, -0.1) is 10.2 Å². The Labute approximate surface area is 191 Å². The Morgan fingerprint density at radius 2 is 1.97 bits per heavy atom. The van der Waals surface area contributed by atoms with Crippen molar-refractivity contribution in [3.63, 3.8) is 0 Å². The summed E-state index contributed by atoms with van der Waals surface area (Å²) in [6.07, 6.45) is 2.23. The second-order valence-corrected chi connectivity index (χ2v) is 8.56. The van der Waals surface area contributed by atoms with E-state index in [9.17, 15) is 14.9 Å². The van der Waals surface area contributed by atoms with Crippen LogP contribution in [0.3, 0.4) is 0 Å². The van der Waals surface area contributed by atoms with Gasteiger partial charge < -0.3 is 5.32 Å². The molecule has 0 saturated heterocycles. The van der Waals surface area contributed by atoms with E-state index >= 15 is 0 Å². The third-order valence-electron chi connectivity index (χ3n) is 4.95. The number of thioether (sulfide) groups is 1. The van der Waals surface area contributed by atoms with Crippen LogP contribution in [0.1, 0.15) is 56.1 Å². The highest BCUT2D eigenvalue weighted by Crippen LogP contribution is 2.28. The zero-order valence-electron chi connectivity index (χ0n) is 18.4. The summed E-state index contributed by atoms with van der Waals surface area (Å²) in [6, 6.07) is 14.1. The number of nitro groups is 1.